The maximum Gasteiger partial charge on any atom is 0.263 e. The lowest BCUT2D eigenvalue weighted by Gasteiger charge is -2.16. The molecule has 29 heavy (non-hydrogen) atoms. The minimum atomic E-state index is -3.57. The van der Waals surface area contributed by atoms with Crippen LogP contribution in [0.2, 0.25) is 0 Å². The first-order valence-corrected chi connectivity index (χ1v) is 10.7. The van der Waals surface area contributed by atoms with Crippen LogP contribution in [0.4, 0.5) is 5.69 Å². The summed E-state index contributed by atoms with van der Waals surface area (Å²) in [6, 6.07) is 15.9. The standard InChI is InChI=1S/C20H20N4O4S/c25-18-12-14(13-24(18)15-6-2-1-3-7-15)20(26)22-11-10-21-19-16-8-4-5-9-17(16)29(27,28)23-19/h1-9,14H,10-13H2,(H,21,23)(H,22,26)/t14-/m0/s1. The highest BCUT2D eigenvalue weighted by molar-refractivity contribution is 7.90. The molecular formula is C20H20N4O4S. The molecule has 2 aliphatic heterocycles. The topological polar surface area (TPSA) is 108 Å². The molecule has 0 spiro atoms. The normalized spacial score (nSPS) is 21.1. The van der Waals surface area contributed by atoms with Crippen molar-refractivity contribution in [1.29, 1.82) is 0 Å². The number of carbonyl (C=O) groups is 2. The maximum atomic E-state index is 12.4. The van der Waals surface area contributed by atoms with Gasteiger partial charge in [0, 0.05) is 30.8 Å². The first-order valence-electron chi connectivity index (χ1n) is 9.25. The zero-order valence-corrected chi connectivity index (χ0v) is 16.4. The number of para-hydroxylation sites is 1. The molecule has 0 unspecified atom stereocenters. The second kappa shape index (κ2) is 7.67. The summed E-state index contributed by atoms with van der Waals surface area (Å²) >= 11 is 0. The summed E-state index contributed by atoms with van der Waals surface area (Å²) in [5.41, 5.74) is 1.31. The maximum absolute atomic E-state index is 12.4. The number of rotatable bonds is 5. The number of nitrogens with zero attached hydrogens (tertiary/aromatic N) is 2. The third kappa shape index (κ3) is 3.86. The molecule has 4 rings (SSSR count). The van der Waals surface area contributed by atoms with Crippen molar-refractivity contribution in [3.05, 3.63) is 60.2 Å². The van der Waals surface area contributed by atoms with Crippen LogP contribution >= 0.6 is 0 Å². The predicted octanol–water partition coefficient (Wildman–Crippen LogP) is 0.894. The molecule has 1 fully saturated rings. The molecule has 2 aliphatic rings. The molecule has 2 heterocycles. The number of fused-ring (bicyclic) bond motifs is 1. The fourth-order valence-electron chi connectivity index (χ4n) is 3.48. The Balaban J connectivity index is 1.32. The fourth-order valence-corrected chi connectivity index (χ4v) is 4.73. The van der Waals surface area contributed by atoms with Crippen LogP contribution in [0.3, 0.4) is 0 Å². The van der Waals surface area contributed by atoms with Crippen LogP contribution in [0.1, 0.15) is 12.0 Å². The van der Waals surface area contributed by atoms with Crippen molar-refractivity contribution < 1.29 is 18.0 Å². The van der Waals surface area contributed by atoms with Gasteiger partial charge in [0.25, 0.3) is 10.0 Å². The molecule has 8 nitrogen and oxygen atoms in total. The summed E-state index contributed by atoms with van der Waals surface area (Å²) in [6.45, 7) is 0.819. The Kier molecular flexibility index (Phi) is 5.06. The summed E-state index contributed by atoms with van der Waals surface area (Å²) in [6.07, 6.45) is 0.169. The number of carbonyl (C=O) groups excluding carboxylic acids is 2. The molecule has 0 radical (unpaired) electrons. The monoisotopic (exact) mass is 412 g/mol. The highest BCUT2D eigenvalue weighted by atomic mass is 32.2. The summed E-state index contributed by atoms with van der Waals surface area (Å²) in [5.74, 6) is -0.417. The third-order valence-electron chi connectivity index (χ3n) is 4.91. The van der Waals surface area contributed by atoms with Gasteiger partial charge in [-0.1, -0.05) is 30.3 Å². The van der Waals surface area contributed by atoms with E-state index in [1.54, 1.807) is 23.1 Å². The number of hydrogen-bond donors (Lipinski definition) is 2. The zero-order valence-electron chi connectivity index (χ0n) is 15.5. The molecule has 2 N–H and O–H groups in total. The van der Waals surface area contributed by atoms with E-state index in [0.29, 0.717) is 12.1 Å². The van der Waals surface area contributed by atoms with Crippen LogP contribution < -0.4 is 14.9 Å². The minimum absolute atomic E-state index is 0.0754. The summed E-state index contributed by atoms with van der Waals surface area (Å²) in [5, 5.41) is 2.78. The second-order valence-corrected chi connectivity index (χ2v) is 8.51. The van der Waals surface area contributed by atoms with Gasteiger partial charge < -0.3 is 10.2 Å². The average Bonchev–Trinajstić information content (AvgIpc) is 3.23. The lowest BCUT2D eigenvalue weighted by Crippen LogP contribution is -2.34. The minimum Gasteiger partial charge on any atom is -0.354 e. The van der Waals surface area contributed by atoms with Gasteiger partial charge in [-0.3, -0.25) is 19.3 Å². The van der Waals surface area contributed by atoms with Gasteiger partial charge in [0.1, 0.15) is 5.84 Å². The van der Waals surface area contributed by atoms with Crippen molar-refractivity contribution in [3.63, 3.8) is 0 Å². The van der Waals surface area contributed by atoms with Gasteiger partial charge >= 0.3 is 0 Å². The molecule has 0 saturated carbocycles. The number of hydrogen-bond acceptors (Lipinski definition) is 5. The van der Waals surface area contributed by atoms with E-state index in [-0.39, 0.29) is 42.1 Å². The molecule has 150 valence electrons. The van der Waals surface area contributed by atoms with Crippen LogP contribution in [-0.2, 0) is 19.6 Å². The number of aliphatic imine (C=N–C) groups is 1. The molecule has 2 aromatic rings. The van der Waals surface area contributed by atoms with Crippen molar-refractivity contribution in [2.24, 2.45) is 10.9 Å². The molecule has 0 aromatic heterocycles. The van der Waals surface area contributed by atoms with Crippen molar-refractivity contribution in [3.8, 4) is 0 Å². The fraction of sp³-hybridized carbons (Fsp3) is 0.250. The number of amides is 2. The second-order valence-electron chi connectivity index (χ2n) is 6.86. The summed E-state index contributed by atoms with van der Waals surface area (Å²) in [4.78, 5) is 30.7. The van der Waals surface area contributed by atoms with E-state index in [2.05, 4.69) is 15.0 Å². The van der Waals surface area contributed by atoms with Gasteiger partial charge in [0.15, 0.2) is 0 Å². The number of benzene rings is 2. The molecule has 2 aromatic carbocycles. The molecule has 0 bridgehead atoms. The Morgan fingerprint density at radius 3 is 2.66 bits per heavy atom. The Bertz CT molecular complexity index is 1080. The van der Waals surface area contributed by atoms with Crippen molar-refractivity contribution in [1.82, 2.24) is 10.0 Å². The molecule has 2 amide bonds. The van der Waals surface area contributed by atoms with Crippen LogP contribution in [-0.4, -0.2) is 45.7 Å². The first kappa shape index (κ1) is 19.1. The van der Waals surface area contributed by atoms with Crippen LogP contribution in [0, 0.1) is 5.92 Å². The van der Waals surface area contributed by atoms with E-state index in [9.17, 15) is 18.0 Å². The van der Waals surface area contributed by atoms with Crippen LogP contribution in [0.5, 0.6) is 0 Å². The van der Waals surface area contributed by atoms with Crippen molar-refractivity contribution in [2.45, 2.75) is 11.3 Å². The van der Waals surface area contributed by atoms with E-state index >= 15 is 0 Å². The quantitative estimate of drug-likeness (QED) is 0.711. The van der Waals surface area contributed by atoms with Crippen molar-refractivity contribution in [2.75, 3.05) is 24.5 Å². The number of anilines is 1. The van der Waals surface area contributed by atoms with Crippen molar-refractivity contribution >= 4 is 33.4 Å². The van der Waals surface area contributed by atoms with Gasteiger partial charge in [-0.25, -0.2) is 8.42 Å². The van der Waals surface area contributed by atoms with Gasteiger partial charge in [-0.15, -0.1) is 0 Å². The molecular weight excluding hydrogens is 392 g/mol. The SMILES string of the molecule is O=C(NCCN=C1NS(=O)(=O)c2ccccc21)[C@H]1CC(=O)N(c2ccccc2)C1. The Labute approximate surface area is 168 Å². The Hall–Kier alpha value is -3.20. The van der Waals surface area contributed by atoms with Gasteiger partial charge in [0.2, 0.25) is 11.8 Å². The molecule has 1 atom stereocenters. The zero-order chi connectivity index (χ0) is 20.4. The predicted molar refractivity (Wildman–Crippen MR) is 108 cm³/mol. The number of sulfonamides is 1. The van der Waals surface area contributed by atoms with E-state index in [0.717, 1.165) is 5.69 Å². The van der Waals surface area contributed by atoms with Crippen LogP contribution in [0.15, 0.2) is 64.5 Å². The van der Waals surface area contributed by atoms with Gasteiger partial charge in [-0.2, -0.15) is 0 Å². The van der Waals surface area contributed by atoms with Gasteiger partial charge in [0.05, 0.1) is 17.4 Å². The third-order valence-corrected chi connectivity index (χ3v) is 6.30. The van der Waals surface area contributed by atoms with E-state index < -0.39 is 15.9 Å². The first-order chi connectivity index (χ1) is 14.0. The largest absolute Gasteiger partial charge is 0.354 e. The summed E-state index contributed by atoms with van der Waals surface area (Å²) < 4.78 is 26.5. The highest BCUT2D eigenvalue weighted by Crippen LogP contribution is 2.25. The average molecular weight is 412 g/mol. The Morgan fingerprint density at radius 2 is 1.86 bits per heavy atom. The number of amidine groups is 1. The molecule has 1 saturated heterocycles. The summed E-state index contributed by atoms with van der Waals surface area (Å²) in [7, 11) is -3.57. The van der Waals surface area contributed by atoms with E-state index in [1.807, 2.05) is 30.3 Å². The lowest BCUT2D eigenvalue weighted by atomic mass is 10.1. The van der Waals surface area contributed by atoms with Crippen LogP contribution in [0.25, 0.3) is 0 Å². The molecule has 9 heteroatoms. The number of nitrogens with one attached hydrogen (secondary N) is 2. The Morgan fingerprint density at radius 1 is 1.14 bits per heavy atom. The van der Waals surface area contributed by atoms with E-state index in [1.165, 1.54) is 6.07 Å². The smallest absolute Gasteiger partial charge is 0.263 e. The molecule has 0 aliphatic carbocycles. The van der Waals surface area contributed by atoms with Gasteiger partial charge in [-0.05, 0) is 24.3 Å². The lowest BCUT2D eigenvalue weighted by molar-refractivity contribution is -0.126. The highest BCUT2D eigenvalue weighted by Gasteiger charge is 2.35. The van der Waals surface area contributed by atoms with E-state index in [4.69, 9.17) is 0 Å².